The van der Waals surface area contributed by atoms with Crippen molar-refractivity contribution in [2.75, 3.05) is 0 Å². The van der Waals surface area contributed by atoms with E-state index in [1.54, 1.807) is 0 Å². The van der Waals surface area contributed by atoms with Crippen LogP contribution in [0.15, 0.2) is 0 Å². The molecule has 0 aliphatic rings. The van der Waals surface area contributed by atoms with E-state index < -0.39 is 0 Å². The van der Waals surface area contributed by atoms with Crippen molar-refractivity contribution < 1.29 is 5.48 Å². The van der Waals surface area contributed by atoms with Crippen LogP contribution in [0.5, 0.6) is 0 Å². The molecule has 9 heavy (non-hydrogen) atoms. The molecule has 0 saturated carbocycles. The van der Waals surface area contributed by atoms with Crippen molar-refractivity contribution in [3.05, 3.63) is 0 Å². The van der Waals surface area contributed by atoms with Gasteiger partial charge < -0.3 is 5.48 Å². The van der Waals surface area contributed by atoms with Crippen LogP contribution in [0, 0.1) is 0 Å². The zero-order valence-corrected chi connectivity index (χ0v) is 9.29. The summed E-state index contributed by atoms with van der Waals surface area (Å²) in [5.41, 5.74) is 0. The second-order valence-corrected chi connectivity index (χ2v) is 5.05. The van der Waals surface area contributed by atoms with Gasteiger partial charge in [-0.2, -0.15) is 0 Å². The number of hydrogen-bond acceptors (Lipinski definition) is 0. The summed E-state index contributed by atoms with van der Waals surface area (Å²) < 4.78 is 0. The molecule has 0 bridgehead atoms. The summed E-state index contributed by atoms with van der Waals surface area (Å²) in [4.78, 5) is 0. The molecule has 0 aromatic rings. The van der Waals surface area contributed by atoms with Crippen LogP contribution in [0.4, 0.5) is 0 Å². The molecule has 0 aliphatic carbocycles. The average molecular weight is 158 g/mol. The van der Waals surface area contributed by atoms with Gasteiger partial charge in [-0.25, -0.2) is 0 Å². The Hall–Kier alpha value is 1.02. The van der Waals surface area contributed by atoms with Crippen LogP contribution < -0.4 is 0 Å². The van der Waals surface area contributed by atoms with Crippen LogP contribution in [-0.4, -0.2) is 30.4 Å². The summed E-state index contributed by atoms with van der Waals surface area (Å²) in [5.74, 6) is 4.42. The first-order valence-corrected chi connectivity index (χ1v) is 7.33. The van der Waals surface area contributed by atoms with Crippen LogP contribution in [-0.2, 0) is 5.48 Å². The van der Waals surface area contributed by atoms with Crippen molar-refractivity contribution in [3.63, 3.8) is 0 Å². The second kappa shape index (κ2) is 23.0. The first kappa shape index (κ1) is 16.5. The third kappa shape index (κ3) is 48.7. The first-order chi connectivity index (χ1) is 3.83. The minimum absolute atomic E-state index is 0. The van der Waals surface area contributed by atoms with Gasteiger partial charge in [-0.05, 0) is 0 Å². The van der Waals surface area contributed by atoms with Gasteiger partial charge in [0.1, 0.15) is 0 Å². The van der Waals surface area contributed by atoms with E-state index in [0.717, 1.165) is 30.4 Å². The smallest absolute Gasteiger partial charge is 2.00 e. The third-order valence-corrected chi connectivity index (χ3v) is 1.73. The Balaban J connectivity index is -0.0000000800. The molecule has 0 fully saturated rings. The zero-order chi connectivity index (χ0) is 6.83. The maximum absolute atomic E-state index is 2.25. The second-order valence-electron chi connectivity index (χ2n) is 1.68. The number of hydrogen-bond donors (Lipinski definition) is 0. The molecule has 0 amide bonds. The Morgan fingerprint density at radius 1 is 1.00 bits per heavy atom. The topological polar surface area (TPSA) is 28.5 Å². The van der Waals surface area contributed by atoms with Crippen molar-refractivity contribution in [2.45, 2.75) is 36.0 Å². The van der Waals surface area contributed by atoms with E-state index in [2.05, 4.69) is 25.4 Å². The van der Waals surface area contributed by atoms with Crippen molar-refractivity contribution >= 4 is 30.4 Å². The standard InChI is InChI=1S/2C2H5.2CH3.2Al.O/c2*1-2;;;;;/h2*1H2,2H3;2*1H3;;;/q;;;;2*+1;-2. The van der Waals surface area contributed by atoms with Gasteiger partial charge >= 0.3 is 66.4 Å². The molecule has 0 rings (SSSR count). The van der Waals surface area contributed by atoms with E-state index in [9.17, 15) is 0 Å². The summed E-state index contributed by atoms with van der Waals surface area (Å²) in [6.45, 7) is 4.50. The average Bonchev–Trinajstić information content (AvgIpc) is 1.71. The molecule has 0 aromatic heterocycles. The first-order valence-electron chi connectivity index (χ1n) is 3.39. The van der Waals surface area contributed by atoms with Crippen LogP contribution in [0.3, 0.4) is 0 Å². The van der Waals surface area contributed by atoms with Crippen molar-refractivity contribution in [3.8, 4) is 0 Å². The van der Waals surface area contributed by atoms with Gasteiger partial charge in [-0.3, -0.25) is 0 Å². The SMILES string of the molecule is C[CH2][Al+][CH2]C.[CH3][Al+][CH3].[O-2]. The molecule has 0 radical (unpaired) electrons. The maximum atomic E-state index is 2.25. The third-order valence-electron chi connectivity index (χ3n) is 0.577. The summed E-state index contributed by atoms with van der Waals surface area (Å²) in [6.07, 6.45) is 0. The van der Waals surface area contributed by atoms with Gasteiger partial charge in [0.05, 0.1) is 0 Å². The summed E-state index contributed by atoms with van der Waals surface area (Å²) in [5, 5.41) is 2.85. The molecule has 0 atom stereocenters. The molecule has 0 aliphatic heterocycles. The Kier molecular flexibility index (Phi) is 42.3. The summed E-state index contributed by atoms with van der Waals surface area (Å²) >= 11 is 1.56. The van der Waals surface area contributed by atoms with Crippen LogP contribution in [0.25, 0.3) is 0 Å². The Labute approximate surface area is 72.0 Å². The maximum Gasteiger partial charge on any atom is -2.00 e. The van der Waals surface area contributed by atoms with Crippen LogP contribution in [0.2, 0.25) is 22.1 Å². The van der Waals surface area contributed by atoms with Crippen molar-refractivity contribution in [1.82, 2.24) is 0 Å². The van der Waals surface area contributed by atoms with E-state index in [0.29, 0.717) is 0 Å². The minimum Gasteiger partial charge on any atom is -2.00 e. The minimum atomic E-state index is 0. The van der Waals surface area contributed by atoms with E-state index in [1.807, 2.05) is 0 Å². The number of rotatable bonds is 2. The Morgan fingerprint density at radius 3 is 1.22 bits per heavy atom. The molecule has 1 nitrogen and oxygen atoms in total. The summed E-state index contributed by atoms with van der Waals surface area (Å²) in [7, 11) is 0. The van der Waals surface area contributed by atoms with Crippen molar-refractivity contribution in [2.24, 2.45) is 0 Å². The molecule has 0 unspecified atom stereocenters. The fourth-order valence-electron chi connectivity index (χ4n) is 0.289. The zero-order valence-electron chi connectivity index (χ0n) is 6.98. The van der Waals surface area contributed by atoms with Gasteiger partial charge in [-0.1, -0.05) is 0 Å². The van der Waals surface area contributed by atoms with Gasteiger partial charge in [0.15, 0.2) is 0 Å². The summed E-state index contributed by atoms with van der Waals surface area (Å²) in [6, 6.07) is 0. The Bertz CT molecular complexity index is 25.0. The molecule has 0 aromatic carbocycles. The normalized spacial score (nSPS) is 4.89. The van der Waals surface area contributed by atoms with Crippen molar-refractivity contribution in [1.29, 1.82) is 0 Å². The van der Waals surface area contributed by atoms with Crippen LogP contribution >= 0.6 is 0 Å². The largest absolute Gasteiger partial charge is 2.00 e. The fourth-order valence-corrected chi connectivity index (χ4v) is 0.866. The molecule has 3 heteroatoms. The molecule has 0 saturated heterocycles. The molecule has 0 heterocycles. The predicted octanol–water partition coefficient (Wildman–Crippen LogP) is 2.24. The van der Waals surface area contributed by atoms with Gasteiger partial charge in [-0.15, -0.1) is 0 Å². The van der Waals surface area contributed by atoms with E-state index in [4.69, 9.17) is 0 Å². The van der Waals surface area contributed by atoms with Gasteiger partial charge in [0.25, 0.3) is 0 Å². The molecule has 0 N–H and O–H groups in total. The molecular weight excluding hydrogens is 142 g/mol. The monoisotopic (exact) mass is 158 g/mol. The fraction of sp³-hybridized carbons (Fsp3) is 1.00. The predicted molar refractivity (Wildman–Crippen MR) is 44.9 cm³/mol. The Morgan fingerprint density at radius 2 is 1.22 bits per heavy atom. The van der Waals surface area contributed by atoms with E-state index in [1.165, 1.54) is 10.6 Å². The quantitative estimate of drug-likeness (QED) is 0.551. The molecule has 0 spiro atoms. The molecular formula is C6H16Al2O. The van der Waals surface area contributed by atoms with Gasteiger partial charge in [0, 0.05) is 0 Å². The van der Waals surface area contributed by atoms with E-state index >= 15 is 0 Å². The molecule has 52 valence electrons. The van der Waals surface area contributed by atoms with Crippen LogP contribution in [0.1, 0.15) is 13.8 Å². The van der Waals surface area contributed by atoms with E-state index in [-0.39, 0.29) is 5.48 Å². The van der Waals surface area contributed by atoms with Gasteiger partial charge in [0.2, 0.25) is 0 Å².